The van der Waals surface area contributed by atoms with Crippen molar-refractivity contribution in [1.29, 1.82) is 0 Å². The quantitative estimate of drug-likeness (QED) is 0.367. The predicted octanol–water partition coefficient (Wildman–Crippen LogP) is 3.66. The molecule has 2 rings (SSSR count). The summed E-state index contributed by atoms with van der Waals surface area (Å²) in [5.74, 6) is 1.81. The van der Waals surface area contributed by atoms with Crippen LogP contribution in [0.3, 0.4) is 0 Å². The van der Waals surface area contributed by atoms with Crippen molar-refractivity contribution in [2.24, 2.45) is 10.4 Å². The Balaban J connectivity index is 0.00000338. The summed E-state index contributed by atoms with van der Waals surface area (Å²) in [5, 5.41) is 15.3. The molecule has 0 saturated heterocycles. The van der Waals surface area contributed by atoms with Gasteiger partial charge in [-0.25, -0.2) is 0 Å². The number of nitrogens with one attached hydrogen (secondary N) is 2. The van der Waals surface area contributed by atoms with Gasteiger partial charge in [0.2, 0.25) is 0 Å². The molecule has 0 aliphatic heterocycles. The molecule has 2 N–H and O–H groups in total. The monoisotopic (exact) mass is 472 g/mol. The minimum absolute atomic E-state index is 0. The van der Waals surface area contributed by atoms with Crippen LogP contribution in [0, 0.1) is 5.41 Å². The first-order chi connectivity index (χ1) is 11.9. The van der Waals surface area contributed by atoms with E-state index in [1.54, 1.807) is 0 Å². The van der Waals surface area contributed by atoms with Crippen LogP contribution in [-0.2, 0) is 6.42 Å². The van der Waals surface area contributed by atoms with Gasteiger partial charge >= 0.3 is 0 Å². The normalized spacial score (nSPS) is 13.3. The molecule has 7 heteroatoms. The number of pyridine rings is 1. The zero-order valence-electron chi connectivity index (χ0n) is 16.6. The minimum atomic E-state index is 0. The lowest BCUT2D eigenvalue weighted by atomic mass is 9.89. The number of hydrogen-bond acceptors (Lipinski definition) is 3. The summed E-state index contributed by atoms with van der Waals surface area (Å²) in [6, 6.07) is 6.32. The molecule has 2 aromatic heterocycles. The van der Waals surface area contributed by atoms with Crippen LogP contribution < -0.4 is 10.6 Å². The number of aromatic nitrogens is 3. The topological polar surface area (TPSA) is 66.6 Å². The molecule has 0 amide bonds. The number of halogens is 1. The second kappa shape index (κ2) is 10.7. The van der Waals surface area contributed by atoms with Crippen molar-refractivity contribution in [2.75, 3.05) is 13.1 Å². The fourth-order valence-electron chi connectivity index (χ4n) is 2.60. The van der Waals surface area contributed by atoms with E-state index in [0.29, 0.717) is 18.0 Å². The van der Waals surface area contributed by atoms with Crippen molar-refractivity contribution in [3.63, 3.8) is 0 Å². The Hall–Kier alpha value is -1.38. The van der Waals surface area contributed by atoms with E-state index < -0.39 is 0 Å². The third kappa shape index (κ3) is 7.47. The highest BCUT2D eigenvalue weighted by Crippen LogP contribution is 2.21. The molecule has 0 spiro atoms. The van der Waals surface area contributed by atoms with E-state index in [-0.39, 0.29) is 24.0 Å². The van der Waals surface area contributed by atoms with Crippen LogP contribution >= 0.6 is 24.0 Å². The van der Waals surface area contributed by atoms with Crippen molar-refractivity contribution in [1.82, 2.24) is 25.2 Å². The van der Waals surface area contributed by atoms with Crippen LogP contribution in [0.1, 0.15) is 53.3 Å². The van der Waals surface area contributed by atoms with Crippen molar-refractivity contribution in [3.8, 4) is 0 Å². The SMILES string of the molecule is CCNC(=NCCc1nnc2ccccn12)NC(C)CCC(C)(C)C.I. The fourth-order valence-corrected chi connectivity index (χ4v) is 2.60. The van der Waals surface area contributed by atoms with Gasteiger partial charge in [0.25, 0.3) is 0 Å². The van der Waals surface area contributed by atoms with Gasteiger partial charge in [0.15, 0.2) is 11.6 Å². The van der Waals surface area contributed by atoms with Crippen LogP contribution in [0.2, 0.25) is 0 Å². The van der Waals surface area contributed by atoms with Gasteiger partial charge in [0.1, 0.15) is 5.82 Å². The average molecular weight is 472 g/mol. The molecule has 2 heterocycles. The maximum absolute atomic E-state index is 4.69. The van der Waals surface area contributed by atoms with Gasteiger partial charge in [-0.15, -0.1) is 34.2 Å². The Morgan fingerprint density at radius 1 is 1.27 bits per heavy atom. The van der Waals surface area contributed by atoms with Crippen LogP contribution in [0.5, 0.6) is 0 Å². The van der Waals surface area contributed by atoms with E-state index in [9.17, 15) is 0 Å². The molecule has 0 aliphatic rings. The Kier molecular flexibility index (Phi) is 9.32. The molecule has 2 aromatic rings. The smallest absolute Gasteiger partial charge is 0.191 e. The van der Waals surface area contributed by atoms with Crippen molar-refractivity contribution < 1.29 is 0 Å². The van der Waals surface area contributed by atoms with Gasteiger partial charge in [-0.1, -0.05) is 26.8 Å². The van der Waals surface area contributed by atoms with Crippen molar-refractivity contribution in [2.45, 2.75) is 59.9 Å². The predicted molar refractivity (Wildman–Crippen MR) is 119 cm³/mol. The van der Waals surface area contributed by atoms with Crippen LogP contribution in [0.15, 0.2) is 29.4 Å². The summed E-state index contributed by atoms with van der Waals surface area (Å²) in [6.07, 6.45) is 5.07. The second-order valence-corrected chi connectivity index (χ2v) is 7.70. The van der Waals surface area contributed by atoms with Gasteiger partial charge in [0.05, 0.1) is 0 Å². The maximum atomic E-state index is 4.69. The molecular weight excluding hydrogens is 439 g/mol. The molecule has 1 unspecified atom stereocenters. The van der Waals surface area contributed by atoms with Crippen LogP contribution in [-0.4, -0.2) is 39.7 Å². The minimum Gasteiger partial charge on any atom is -0.357 e. The first-order valence-electron chi connectivity index (χ1n) is 9.22. The van der Waals surface area contributed by atoms with Crippen molar-refractivity contribution in [3.05, 3.63) is 30.2 Å². The van der Waals surface area contributed by atoms with Gasteiger partial charge in [-0.2, -0.15) is 0 Å². The van der Waals surface area contributed by atoms with E-state index in [2.05, 4.69) is 55.4 Å². The van der Waals surface area contributed by atoms with Gasteiger partial charge in [0, 0.05) is 31.7 Å². The zero-order valence-corrected chi connectivity index (χ0v) is 18.9. The van der Waals surface area contributed by atoms with Gasteiger partial charge in [-0.05, 0) is 44.2 Å². The van der Waals surface area contributed by atoms with Crippen LogP contribution in [0.25, 0.3) is 5.65 Å². The molecule has 0 aromatic carbocycles. The number of fused-ring (bicyclic) bond motifs is 1. The number of aliphatic imine (C=N–C) groups is 1. The molecule has 6 nitrogen and oxygen atoms in total. The summed E-state index contributed by atoms with van der Waals surface area (Å²) in [7, 11) is 0. The lowest BCUT2D eigenvalue weighted by molar-refractivity contribution is 0.346. The molecule has 26 heavy (non-hydrogen) atoms. The molecule has 0 fully saturated rings. The Morgan fingerprint density at radius 2 is 2.04 bits per heavy atom. The molecule has 0 saturated carbocycles. The first-order valence-corrected chi connectivity index (χ1v) is 9.22. The summed E-state index contributed by atoms with van der Waals surface area (Å²) < 4.78 is 2.02. The summed E-state index contributed by atoms with van der Waals surface area (Å²) in [6.45, 7) is 12.7. The Morgan fingerprint density at radius 3 is 2.73 bits per heavy atom. The highest BCUT2D eigenvalue weighted by Gasteiger charge is 2.13. The third-order valence-corrected chi connectivity index (χ3v) is 4.04. The Bertz CT molecular complexity index is 689. The summed E-state index contributed by atoms with van der Waals surface area (Å²) in [4.78, 5) is 4.69. The standard InChI is InChI=1S/C19H32N6.HI/c1-6-20-18(22-15(2)10-12-19(3,4)5)21-13-11-17-24-23-16-9-7-8-14-25(16)17;/h7-9,14-15H,6,10-13H2,1-5H3,(H2,20,21,22);1H. The maximum Gasteiger partial charge on any atom is 0.191 e. The van der Waals surface area contributed by atoms with E-state index >= 15 is 0 Å². The highest BCUT2D eigenvalue weighted by molar-refractivity contribution is 14.0. The second-order valence-electron chi connectivity index (χ2n) is 7.70. The largest absolute Gasteiger partial charge is 0.357 e. The lowest BCUT2D eigenvalue weighted by Crippen LogP contribution is -2.42. The number of hydrogen-bond donors (Lipinski definition) is 2. The number of nitrogens with zero attached hydrogens (tertiary/aromatic N) is 4. The van der Waals surface area contributed by atoms with Crippen LogP contribution in [0.4, 0.5) is 0 Å². The summed E-state index contributed by atoms with van der Waals surface area (Å²) in [5.41, 5.74) is 1.24. The molecular formula is C19H33IN6. The zero-order chi connectivity index (χ0) is 18.3. The third-order valence-electron chi connectivity index (χ3n) is 4.04. The molecule has 0 aliphatic carbocycles. The molecule has 1 atom stereocenters. The van der Waals surface area contributed by atoms with Crippen molar-refractivity contribution >= 4 is 35.6 Å². The number of rotatable bonds is 7. The van der Waals surface area contributed by atoms with E-state index in [4.69, 9.17) is 4.99 Å². The van der Waals surface area contributed by atoms with E-state index in [0.717, 1.165) is 36.8 Å². The molecule has 146 valence electrons. The van der Waals surface area contributed by atoms with E-state index in [1.807, 2.05) is 28.8 Å². The van der Waals surface area contributed by atoms with Gasteiger partial charge in [-0.3, -0.25) is 9.39 Å². The highest BCUT2D eigenvalue weighted by atomic mass is 127. The first kappa shape index (κ1) is 22.7. The average Bonchev–Trinajstić information content (AvgIpc) is 2.96. The lowest BCUT2D eigenvalue weighted by Gasteiger charge is -2.23. The molecule has 0 bridgehead atoms. The molecule has 0 radical (unpaired) electrons. The Labute approximate surface area is 174 Å². The van der Waals surface area contributed by atoms with E-state index in [1.165, 1.54) is 6.42 Å². The van der Waals surface area contributed by atoms with Gasteiger partial charge < -0.3 is 10.6 Å². The number of guanidine groups is 1. The fraction of sp³-hybridized carbons (Fsp3) is 0.632. The summed E-state index contributed by atoms with van der Waals surface area (Å²) >= 11 is 0.